The Kier molecular flexibility index (Phi) is 6.62. The quantitative estimate of drug-likeness (QED) is 0.810. The number of nitrogens with one attached hydrogen (secondary N) is 1. The lowest BCUT2D eigenvalue weighted by atomic mass is 9.99. The summed E-state index contributed by atoms with van der Waals surface area (Å²) in [5, 5.41) is 2.91. The Balaban J connectivity index is 1.92. The van der Waals surface area contributed by atoms with E-state index in [9.17, 15) is 13.2 Å². The van der Waals surface area contributed by atoms with Crippen LogP contribution in [0.5, 0.6) is 5.75 Å². The van der Waals surface area contributed by atoms with Crippen LogP contribution < -0.4 is 10.1 Å². The van der Waals surface area contributed by atoms with Gasteiger partial charge >= 0.3 is 0 Å². The Labute approximate surface area is 144 Å². The third kappa shape index (κ3) is 4.95. The molecular formula is C17H26N2O4S. The van der Waals surface area contributed by atoms with Crippen molar-refractivity contribution in [2.45, 2.75) is 32.7 Å². The molecule has 0 saturated carbocycles. The van der Waals surface area contributed by atoms with E-state index in [1.807, 2.05) is 31.2 Å². The van der Waals surface area contributed by atoms with Crippen molar-refractivity contribution in [1.29, 1.82) is 0 Å². The third-order valence-electron chi connectivity index (χ3n) is 4.21. The Hall–Kier alpha value is -1.60. The van der Waals surface area contributed by atoms with Gasteiger partial charge in [0, 0.05) is 19.6 Å². The fourth-order valence-electron chi connectivity index (χ4n) is 2.91. The van der Waals surface area contributed by atoms with Gasteiger partial charge in [0.05, 0.1) is 18.8 Å². The highest BCUT2D eigenvalue weighted by molar-refractivity contribution is 7.89. The standard InChI is InChI=1S/C17H26N2O4S/c1-3-10-24(21,22)19-9-5-7-15(13-19)17(20)18-12-14-6-4-8-16(11-14)23-2/h4,6,8,11,15H,3,5,7,9-10,12-13H2,1-2H3,(H,18,20)/t15-/m1/s1. The molecule has 6 nitrogen and oxygen atoms in total. The zero-order valence-electron chi connectivity index (χ0n) is 14.3. The topological polar surface area (TPSA) is 75.7 Å². The van der Waals surface area contributed by atoms with Gasteiger partial charge in [0.15, 0.2) is 0 Å². The number of carbonyl (C=O) groups is 1. The minimum absolute atomic E-state index is 0.0887. The van der Waals surface area contributed by atoms with Crippen molar-refractivity contribution < 1.29 is 17.9 Å². The number of nitrogens with zero attached hydrogens (tertiary/aromatic N) is 1. The first-order valence-electron chi connectivity index (χ1n) is 8.34. The second kappa shape index (κ2) is 8.48. The number of carbonyl (C=O) groups excluding carboxylic acids is 1. The molecule has 1 heterocycles. The van der Waals surface area contributed by atoms with Crippen molar-refractivity contribution in [1.82, 2.24) is 9.62 Å². The van der Waals surface area contributed by atoms with Crippen molar-refractivity contribution in [3.8, 4) is 5.75 Å². The Morgan fingerprint density at radius 1 is 1.42 bits per heavy atom. The van der Waals surface area contributed by atoms with Crippen LogP contribution in [0.25, 0.3) is 0 Å². The summed E-state index contributed by atoms with van der Waals surface area (Å²) >= 11 is 0. The highest BCUT2D eigenvalue weighted by atomic mass is 32.2. The minimum Gasteiger partial charge on any atom is -0.497 e. The summed E-state index contributed by atoms with van der Waals surface area (Å²) in [6.45, 7) is 3.06. The summed E-state index contributed by atoms with van der Waals surface area (Å²) in [7, 11) is -1.64. The zero-order valence-corrected chi connectivity index (χ0v) is 15.1. The fraction of sp³-hybridized carbons (Fsp3) is 0.588. The Morgan fingerprint density at radius 2 is 2.21 bits per heavy atom. The van der Waals surface area contributed by atoms with E-state index in [1.54, 1.807) is 7.11 Å². The van der Waals surface area contributed by atoms with E-state index in [0.717, 1.165) is 24.2 Å². The average molecular weight is 354 g/mol. The van der Waals surface area contributed by atoms with E-state index in [-0.39, 0.29) is 24.1 Å². The maximum atomic E-state index is 12.4. The number of methoxy groups -OCH3 is 1. The first-order chi connectivity index (χ1) is 11.5. The van der Waals surface area contributed by atoms with Crippen LogP contribution in [0, 0.1) is 5.92 Å². The Bertz CT molecular complexity index is 660. The van der Waals surface area contributed by atoms with E-state index in [1.165, 1.54) is 4.31 Å². The zero-order chi connectivity index (χ0) is 17.6. The van der Waals surface area contributed by atoms with Crippen LogP contribution in [0.2, 0.25) is 0 Å². The fourth-order valence-corrected chi connectivity index (χ4v) is 4.50. The molecule has 1 amide bonds. The van der Waals surface area contributed by atoms with Crippen molar-refractivity contribution in [3.63, 3.8) is 0 Å². The lowest BCUT2D eigenvalue weighted by molar-refractivity contribution is -0.126. The highest BCUT2D eigenvalue weighted by Crippen LogP contribution is 2.20. The van der Waals surface area contributed by atoms with Crippen LogP contribution in [0.4, 0.5) is 0 Å². The molecule has 0 aromatic heterocycles. The summed E-state index contributed by atoms with van der Waals surface area (Å²) in [5.74, 6) is 0.520. The molecule has 0 radical (unpaired) electrons. The summed E-state index contributed by atoms with van der Waals surface area (Å²) in [5.41, 5.74) is 0.953. The number of sulfonamides is 1. The molecule has 1 aliphatic heterocycles. The molecule has 1 fully saturated rings. The molecule has 2 rings (SSSR count). The average Bonchev–Trinajstić information content (AvgIpc) is 2.60. The van der Waals surface area contributed by atoms with Crippen molar-refractivity contribution in [2.75, 3.05) is 26.0 Å². The third-order valence-corrected chi connectivity index (χ3v) is 6.25. The molecule has 1 N–H and O–H groups in total. The van der Waals surface area contributed by atoms with Crippen LogP contribution in [-0.2, 0) is 21.4 Å². The SMILES string of the molecule is CCCS(=O)(=O)N1CCC[C@@H](C(=O)NCc2cccc(OC)c2)C1. The van der Waals surface area contributed by atoms with E-state index in [0.29, 0.717) is 19.5 Å². The van der Waals surface area contributed by atoms with Crippen LogP contribution in [0.1, 0.15) is 31.7 Å². The largest absolute Gasteiger partial charge is 0.497 e. The van der Waals surface area contributed by atoms with Gasteiger partial charge in [-0.15, -0.1) is 0 Å². The molecule has 0 aliphatic carbocycles. The normalized spacial score (nSPS) is 19.0. The number of rotatable bonds is 7. The van der Waals surface area contributed by atoms with E-state index in [2.05, 4.69) is 5.32 Å². The molecule has 134 valence electrons. The van der Waals surface area contributed by atoms with Crippen LogP contribution in [0.3, 0.4) is 0 Å². The van der Waals surface area contributed by atoms with E-state index in [4.69, 9.17) is 4.74 Å². The predicted molar refractivity (Wildman–Crippen MR) is 93.2 cm³/mol. The first-order valence-corrected chi connectivity index (χ1v) is 9.95. The lowest BCUT2D eigenvalue weighted by Crippen LogP contribution is -2.45. The van der Waals surface area contributed by atoms with Gasteiger partial charge in [0.1, 0.15) is 5.75 Å². The van der Waals surface area contributed by atoms with E-state index < -0.39 is 10.0 Å². The maximum Gasteiger partial charge on any atom is 0.224 e. The van der Waals surface area contributed by atoms with Gasteiger partial charge in [-0.2, -0.15) is 0 Å². The van der Waals surface area contributed by atoms with Crippen LogP contribution in [-0.4, -0.2) is 44.6 Å². The molecule has 1 aromatic carbocycles. The van der Waals surface area contributed by atoms with Crippen molar-refractivity contribution >= 4 is 15.9 Å². The van der Waals surface area contributed by atoms with Gasteiger partial charge in [-0.05, 0) is 37.0 Å². The molecule has 0 unspecified atom stereocenters. The van der Waals surface area contributed by atoms with Gasteiger partial charge in [0.2, 0.25) is 15.9 Å². The number of hydrogen-bond acceptors (Lipinski definition) is 4. The van der Waals surface area contributed by atoms with Crippen LogP contribution in [0.15, 0.2) is 24.3 Å². The van der Waals surface area contributed by atoms with Gasteiger partial charge < -0.3 is 10.1 Å². The summed E-state index contributed by atoms with van der Waals surface area (Å²) < 4.78 is 31.0. The number of piperidine rings is 1. The molecule has 1 atom stereocenters. The molecular weight excluding hydrogens is 328 g/mol. The lowest BCUT2D eigenvalue weighted by Gasteiger charge is -2.31. The Morgan fingerprint density at radius 3 is 2.92 bits per heavy atom. The molecule has 1 aliphatic rings. The predicted octanol–water partition coefficient (Wildman–Crippen LogP) is 1.76. The number of benzene rings is 1. The minimum atomic E-state index is -3.24. The molecule has 1 aromatic rings. The van der Waals surface area contributed by atoms with Crippen molar-refractivity contribution in [3.05, 3.63) is 29.8 Å². The van der Waals surface area contributed by atoms with Gasteiger partial charge in [-0.3, -0.25) is 4.79 Å². The smallest absolute Gasteiger partial charge is 0.224 e. The van der Waals surface area contributed by atoms with Crippen LogP contribution >= 0.6 is 0 Å². The van der Waals surface area contributed by atoms with Gasteiger partial charge in [0.25, 0.3) is 0 Å². The summed E-state index contributed by atoms with van der Waals surface area (Å²) in [4.78, 5) is 12.4. The molecule has 7 heteroatoms. The monoisotopic (exact) mass is 354 g/mol. The second-order valence-corrected chi connectivity index (χ2v) is 8.17. The van der Waals surface area contributed by atoms with Gasteiger partial charge in [-0.1, -0.05) is 19.1 Å². The number of ether oxygens (including phenoxy) is 1. The molecule has 0 bridgehead atoms. The maximum absolute atomic E-state index is 12.4. The molecule has 1 saturated heterocycles. The number of hydrogen-bond donors (Lipinski definition) is 1. The van der Waals surface area contributed by atoms with E-state index >= 15 is 0 Å². The number of amides is 1. The summed E-state index contributed by atoms with van der Waals surface area (Å²) in [6.07, 6.45) is 2.04. The second-order valence-electron chi connectivity index (χ2n) is 6.08. The van der Waals surface area contributed by atoms with Crippen molar-refractivity contribution in [2.24, 2.45) is 5.92 Å². The molecule has 0 spiro atoms. The van der Waals surface area contributed by atoms with Gasteiger partial charge in [-0.25, -0.2) is 12.7 Å². The first kappa shape index (κ1) is 18.7. The highest BCUT2D eigenvalue weighted by Gasteiger charge is 2.31. The summed E-state index contributed by atoms with van der Waals surface area (Å²) in [6, 6.07) is 7.52. The molecule has 24 heavy (non-hydrogen) atoms.